The number of carbonyl (C=O) groups is 1. The first-order valence-corrected chi connectivity index (χ1v) is 11.5. The maximum Gasteiger partial charge on any atom is 0.247 e. The summed E-state index contributed by atoms with van der Waals surface area (Å²) in [6, 6.07) is 11.2. The molecule has 5 rings (SSSR count). The first-order chi connectivity index (χ1) is 13.6. The molecule has 0 unspecified atom stereocenters. The Balaban J connectivity index is 1.27. The highest BCUT2D eigenvalue weighted by molar-refractivity contribution is 5.93. The molecule has 0 aromatic heterocycles. The van der Waals surface area contributed by atoms with E-state index in [0.717, 1.165) is 37.9 Å². The van der Waals surface area contributed by atoms with Gasteiger partial charge in [0.2, 0.25) is 5.91 Å². The number of para-hydroxylation sites is 1. The van der Waals surface area contributed by atoms with Crippen molar-refractivity contribution in [3.8, 4) is 0 Å². The van der Waals surface area contributed by atoms with Gasteiger partial charge < -0.3 is 15.1 Å². The number of anilines is 1. The van der Waals surface area contributed by atoms with E-state index < -0.39 is 0 Å². The summed E-state index contributed by atoms with van der Waals surface area (Å²) in [6.07, 6.45) is 11.8. The van der Waals surface area contributed by atoms with Crippen molar-refractivity contribution in [3.63, 3.8) is 0 Å². The first kappa shape index (κ1) is 18.5. The molecule has 1 spiro atoms. The molecule has 3 atom stereocenters. The fraction of sp³-hybridized carbons (Fsp3) is 0.708. The summed E-state index contributed by atoms with van der Waals surface area (Å²) in [5, 5.41) is 3.13. The van der Waals surface area contributed by atoms with Crippen molar-refractivity contribution in [2.45, 2.75) is 76.3 Å². The van der Waals surface area contributed by atoms with Gasteiger partial charge in [0.25, 0.3) is 0 Å². The molecule has 1 aromatic carbocycles. The van der Waals surface area contributed by atoms with Gasteiger partial charge in [0, 0.05) is 24.8 Å². The first-order valence-electron chi connectivity index (χ1n) is 11.5. The molecule has 1 N–H and O–H groups in total. The number of rotatable bonds is 2. The Labute approximate surface area is 169 Å². The van der Waals surface area contributed by atoms with E-state index >= 15 is 0 Å². The average molecular weight is 382 g/mol. The van der Waals surface area contributed by atoms with Crippen LogP contribution in [0.15, 0.2) is 30.3 Å². The minimum atomic E-state index is -0.341. The molecule has 2 saturated carbocycles. The second-order valence-corrected chi connectivity index (χ2v) is 10.0. The van der Waals surface area contributed by atoms with E-state index in [1.54, 1.807) is 0 Å². The molecule has 2 aliphatic heterocycles. The SMILES string of the molecule is C[C@@]12CCCC[C@H]1C[C@@H](N1CCC3(CC1)C(=O)NCN3c1ccccc1)CC2. The number of carbonyl (C=O) groups excluding carboxylic acids is 1. The van der Waals surface area contributed by atoms with Gasteiger partial charge in [-0.25, -0.2) is 0 Å². The van der Waals surface area contributed by atoms with Crippen LogP contribution in [0.4, 0.5) is 5.69 Å². The van der Waals surface area contributed by atoms with Gasteiger partial charge in [0.15, 0.2) is 0 Å². The van der Waals surface area contributed by atoms with Crippen molar-refractivity contribution in [1.29, 1.82) is 0 Å². The Bertz CT molecular complexity index is 712. The number of benzene rings is 1. The molecular formula is C24H35N3O. The third kappa shape index (κ3) is 2.96. The van der Waals surface area contributed by atoms with Gasteiger partial charge in [-0.2, -0.15) is 0 Å². The molecule has 4 nitrogen and oxygen atoms in total. The number of nitrogens with one attached hydrogen (secondary N) is 1. The van der Waals surface area contributed by atoms with Gasteiger partial charge in [0.05, 0.1) is 6.67 Å². The maximum absolute atomic E-state index is 12.9. The van der Waals surface area contributed by atoms with Crippen LogP contribution in [0.1, 0.15) is 64.7 Å². The van der Waals surface area contributed by atoms with Crippen molar-refractivity contribution in [1.82, 2.24) is 10.2 Å². The number of nitrogens with zero attached hydrogens (tertiary/aromatic N) is 2. The smallest absolute Gasteiger partial charge is 0.247 e. The van der Waals surface area contributed by atoms with Crippen LogP contribution < -0.4 is 10.2 Å². The van der Waals surface area contributed by atoms with Crippen molar-refractivity contribution >= 4 is 11.6 Å². The molecule has 1 amide bonds. The average Bonchev–Trinajstić information content (AvgIpc) is 3.04. The third-order valence-electron chi connectivity index (χ3n) is 8.69. The minimum absolute atomic E-state index is 0.236. The monoisotopic (exact) mass is 381 g/mol. The summed E-state index contributed by atoms with van der Waals surface area (Å²) in [7, 11) is 0. The summed E-state index contributed by atoms with van der Waals surface area (Å²) < 4.78 is 0. The second kappa shape index (κ2) is 7.05. The van der Waals surface area contributed by atoms with Crippen molar-refractivity contribution < 1.29 is 4.79 Å². The lowest BCUT2D eigenvalue weighted by atomic mass is 9.59. The van der Waals surface area contributed by atoms with Gasteiger partial charge in [-0.1, -0.05) is 38.0 Å². The zero-order valence-corrected chi connectivity index (χ0v) is 17.3. The van der Waals surface area contributed by atoms with Crippen LogP contribution in [0.2, 0.25) is 0 Å². The van der Waals surface area contributed by atoms with Crippen LogP contribution in [0, 0.1) is 11.3 Å². The van der Waals surface area contributed by atoms with Crippen LogP contribution in [-0.2, 0) is 4.79 Å². The van der Waals surface area contributed by atoms with E-state index in [1.807, 2.05) is 6.07 Å². The van der Waals surface area contributed by atoms with Crippen LogP contribution in [0.25, 0.3) is 0 Å². The molecule has 4 heteroatoms. The van der Waals surface area contributed by atoms with Gasteiger partial charge in [-0.05, 0) is 68.4 Å². The van der Waals surface area contributed by atoms with E-state index in [2.05, 4.69) is 46.3 Å². The Morgan fingerprint density at radius 2 is 1.79 bits per heavy atom. The zero-order valence-electron chi connectivity index (χ0n) is 17.3. The van der Waals surface area contributed by atoms with Crippen molar-refractivity contribution in [2.75, 3.05) is 24.7 Å². The topological polar surface area (TPSA) is 35.6 Å². The molecule has 0 radical (unpaired) electrons. The fourth-order valence-electron chi connectivity index (χ4n) is 6.77. The molecule has 2 aliphatic carbocycles. The number of hydrogen-bond donors (Lipinski definition) is 1. The summed E-state index contributed by atoms with van der Waals surface area (Å²) in [5.74, 6) is 1.16. The molecule has 2 heterocycles. The predicted octanol–water partition coefficient (Wildman–Crippen LogP) is 4.16. The van der Waals surface area contributed by atoms with Crippen LogP contribution in [-0.4, -0.2) is 42.1 Å². The van der Waals surface area contributed by atoms with Gasteiger partial charge in [-0.15, -0.1) is 0 Å². The molecule has 1 aromatic rings. The number of hydrogen-bond acceptors (Lipinski definition) is 3. The lowest BCUT2D eigenvalue weighted by Gasteiger charge is -2.52. The fourth-order valence-corrected chi connectivity index (χ4v) is 6.77. The van der Waals surface area contributed by atoms with Crippen LogP contribution >= 0.6 is 0 Å². The molecule has 2 saturated heterocycles. The standard InChI is InChI=1S/C24H35N3O/c1-23-11-6-5-7-19(23)17-21(10-12-23)26-15-13-24(14-16-26)22(28)25-18-27(24)20-8-3-2-4-9-20/h2-4,8-9,19,21H,5-7,10-18H2,1H3,(H,25,28)/t19-,21-,23-/m0/s1. The van der Waals surface area contributed by atoms with Crippen molar-refractivity contribution in [2.24, 2.45) is 11.3 Å². The Kier molecular flexibility index (Phi) is 4.65. The maximum atomic E-state index is 12.9. The number of likely N-dealkylation sites (tertiary alicyclic amines) is 1. The zero-order chi connectivity index (χ0) is 19.2. The highest BCUT2D eigenvalue weighted by Crippen LogP contribution is 2.51. The van der Waals surface area contributed by atoms with E-state index in [1.165, 1.54) is 50.6 Å². The van der Waals surface area contributed by atoms with E-state index in [9.17, 15) is 4.79 Å². The summed E-state index contributed by atoms with van der Waals surface area (Å²) >= 11 is 0. The summed E-state index contributed by atoms with van der Waals surface area (Å²) in [5.41, 5.74) is 1.44. The number of fused-ring (bicyclic) bond motifs is 1. The van der Waals surface area contributed by atoms with Crippen LogP contribution in [0.3, 0.4) is 0 Å². The molecule has 4 aliphatic rings. The Morgan fingerprint density at radius 3 is 2.57 bits per heavy atom. The van der Waals surface area contributed by atoms with Gasteiger partial charge >= 0.3 is 0 Å². The van der Waals surface area contributed by atoms with Crippen LogP contribution in [0.5, 0.6) is 0 Å². The predicted molar refractivity (Wildman–Crippen MR) is 113 cm³/mol. The normalized spacial score (nSPS) is 35.6. The molecule has 4 fully saturated rings. The molecule has 152 valence electrons. The summed E-state index contributed by atoms with van der Waals surface area (Å²) in [4.78, 5) is 17.9. The molecular weight excluding hydrogens is 346 g/mol. The Morgan fingerprint density at radius 1 is 1.00 bits per heavy atom. The van der Waals surface area contributed by atoms with Gasteiger partial charge in [0.1, 0.15) is 5.54 Å². The van der Waals surface area contributed by atoms with E-state index in [-0.39, 0.29) is 11.4 Å². The van der Waals surface area contributed by atoms with Gasteiger partial charge in [-0.3, -0.25) is 4.79 Å². The number of amides is 1. The summed E-state index contributed by atoms with van der Waals surface area (Å²) in [6.45, 7) is 5.32. The van der Waals surface area contributed by atoms with E-state index in [4.69, 9.17) is 0 Å². The highest BCUT2D eigenvalue weighted by atomic mass is 16.2. The third-order valence-corrected chi connectivity index (χ3v) is 8.69. The van der Waals surface area contributed by atoms with Crippen molar-refractivity contribution in [3.05, 3.63) is 30.3 Å². The second-order valence-electron chi connectivity index (χ2n) is 10.0. The molecule has 0 bridgehead atoms. The largest absolute Gasteiger partial charge is 0.339 e. The lowest BCUT2D eigenvalue weighted by molar-refractivity contribution is -0.125. The quantitative estimate of drug-likeness (QED) is 0.835. The number of piperidine rings is 1. The minimum Gasteiger partial charge on any atom is -0.339 e. The highest BCUT2D eigenvalue weighted by Gasteiger charge is 2.51. The van der Waals surface area contributed by atoms with E-state index in [0.29, 0.717) is 12.1 Å². The molecule has 28 heavy (non-hydrogen) atoms. The Hall–Kier alpha value is -1.55. The lowest BCUT2D eigenvalue weighted by Crippen LogP contribution is -2.58.